The van der Waals surface area contributed by atoms with E-state index in [4.69, 9.17) is 0 Å². The Hall–Kier alpha value is -2.56. The van der Waals surface area contributed by atoms with Crippen LogP contribution in [0.25, 0.3) is 0 Å². The molecular formula is C18H22FN3O. The van der Waals surface area contributed by atoms with Gasteiger partial charge in [0, 0.05) is 13.1 Å². The van der Waals surface area contributed by atoms with Crippen LogP contribution in [0.5, 0.6) is 5.75 Å². The second-order valence-electron chi connectivity index (χ2n) is 5.17. The fourth-order valence-electron chi connectivity index (χ4n) is 2.18. The largest absolute Gasteiger partial charge is 0.508 e. The van der Waals surface area contributed by atoms with Crippen LogP contribution >= 0.6 is 0 Å². The highest BCUT2D eigenvalue weighted by Crippen LogP contribution is 2.10. The first-order valence-corrected chi connectivity index (χ1v) is 7.72. The molecule has 2 rings (SSSR count). The first-order chi connectivity index (χ1) is 11.2. The van der Waals surface area contributed by atoms with E-state index in [-0.39, 0.29) is 11.6 Å². The SMILES string of the molecule is CCNC(=NCc1cccc(F)c1)NCCc1cccc(O)c1. The summed E-state index contributed by atoms with van der Waals surface area (Å²) < 4.78 is 13.2. The van der Waals surface area contributed by atoms with Gasteiger partial charge in [-0.3, -0.25) is 0 Å². The highest BCUT2D eigenvalue weighted by molar-refractivity contribution is 5.79. The average Bonchev–Trinajstić information content (AvgIpc) is 2.53. The van der Waals surface area contributed by atoms with Crippen LogP contribution in [-0.4, -0.2) is 24.2 Å². The zero-order chi connectivity index (χ0) is 16.5. The summed E-state index contributed by atoms with van der Waals surface area (Å²) in [6.07, 6.45) is 0.777. The van der Waals surface area contributed by atoms with E-state index in [0.717, 1.165) is 24.1 Å². The lowest BCUT2D eigenvalue weighted by atomic mass is 10.1. The van der Waals surface area contributed by atoms with Gasteiger partial charge in [0.05, 0.1) is 6.54 Å². The molecule has 2 aromatic carbocycles. The van der Waals surface area contributed by atoms with Gasteiger partial charge in [0.15, 0.2) is 5.96 Å². The molecule has 4 nitrogen and oxygen atoms in total. The minimum Gasteiger partial charge on any atom is -0.508 e. The van der Waals surface area contributed by atoms with Crippen LogP contribution in [0.4, 0.5) is 4.39 Å². The summed E-state index contributed by atoms with van der Waals surface area (Å²) in [7, 11) is 0. The van der Waals surface area contributed by atoms with Crippen LogP contribution in [-0.2, 0) is 13.0 Å². The molecule has 0 atom stereocenters. The van der Waals surface area contributed by atoms with Crippen LogP contribution in [0, 0.1) is 5.82 Å². The van der Waals surface area contributed by atoms with Crippen LogP contribution in [0.2, 0.25) is 0 Å². The molecule has 0 saturated heterocycles. The van der Waals surface area contributed by atoms with Gasteiger partial charge in [-0.15, -0.1) is 0 Å². The number of nitrogens with one attached hydrogen (secondary N) is 2. The van der Waals surface area contributed by atoms with E-state index < -0.39 is 0 Å². The van der Waals surface area contributed by atoms with Gasteiger partial charge in [0.25, 0.3) is 0 Å². The molecule has 0 heterocycles. The number of phenolic OH excluding ortho intramolecular Hbond substituents is 1. The zero-order valence-electron chi connectivity index (χ0n) is 13.2. The number of aromatic hydroxyl groups is 1. The van der Waals surface area contributed by atoms with Gasteiger partial charge in [0.2, 0.25) is 0 Å². The molecule has 0 aliphatic heterocycles. The van der Waals surface area contributed by atoms with Crippen molar-refractivity contribution in [2.24, 2.45) is 4.99 Å². The summed E-state index contributed by atoms with van der Waals surface area (Å²) in [5, 5.41) is 15.8. The van der Waals surface area contributed by atoms with Gasteiger partial charge in [0.1, 0.15) is 11.6 Å². The van der Waals surface area contributed by atoms with Crippen molar-refractivity contribution in [3.63, 3.8) is 0 Å². The molecule has 0 aliphatic carbocycles. The number of nitrogens with zero attached hydrogens (tertiary/aromatic N) is 1. The number of rotatable bonds is 6. The van der Waals surface area contributed by atoms with Crippen molar-refractivity contribution in [1.29, 1.82) is 0 Å². The lowest BCUT2D eigenvalue weighted by Crippen LogP contribution is -2.38. The third kappa shape index (κ3) is 5.98. The van der Waals surface area contributed by atoms with Crippen molar-refractivity contribution in [2.45, 2.75) is 19.9 Å². The van der Waals surface area contributed by atoms with Gasteiger partial charge in [-0.1, -0.05) is 24.3 Å². The van der Waals surface area contributed by atoms with Crippen molar-refractivity contribution in [2.75, 3.05) is 13.1 Å². The third-order valence-corrected chi connectivity index (χ3v) is 3.27. The summed E-state index contributed by atoms with van der Waals surface area (Å²) in [6, 6.07) is 13.6. The molecule has 0 fully saturated rings. The van der Waals surface area contributed by atoms with Crippen molar-refractivity contribution in [3.8, 4) is 5.75 Å². The number of phenols is 1. The highest BCUT2D eigenvalue weighted by atomic mass is 19.1. The Bertz CT molecular complexity index is 658. The monoisotopic (exact) mass is 315 g/mol. The predicted molar refractivity (Wildman–Crippen MR) is 91.0 cm³/mol. The number of hydrogen-bond donors (Lipinski definition) is 3. The van der Waals surface area contributed by atoms with Crippen molar-refractivity contribution >= 4 is 5.96 Å². The Kier molecular flexibility index (Phi) is 6.41. The highest BCUT2D eigenvalue weighted by Gasteiger charge is 2.00. The number of aliphatic imine (C=N–C) groups is 1. The molecule has 0 aromatic heterocycles. The van der Waals surface area contributed by atoms with Gasteiger partial charge in [-0.2, -0.15) is 0 Å². The summed E-state index contributed by atoms with van der Waals surface area (Å²) >= 11 is 0. The van der Waals surface area contributed by atoms with E-state index in [0.29, 0.717) is 19.0 Å². The Morgan fingerprint density at radius 3 is 2.61 bits per heavy atom. The minimum atomic E-state index is -0.250. The topological polar surface area (TPSA) is 56.7 Å². The summed E-state index contributed by atoms with van der Waals surface area (Å²) in [5.41, 5.74) is 1.88. The lowest BCUT2D eigenvalue weighted by molar-refractivity contribution is 0.474. The Morgan fingerprint density at radius 1 is 1.09 bits per heavy atom. The molecule has 0 bridgehead atoms. The molecule has 0 amide bonds. The summed E-state index contributed by atoms with van der Waals surface area (Å²) in [5.74, 6) is 0.714. The lowest BCUT2D eigenvalue weighted by Gasteiger charge is -2.11. The van der Waals surface area contributed by atoms with Crippen LogP contribution in [0.15, 0.2) is 53.5 Å². The molecule has 3 N–H and O–H groups in total. The first-order valence-electron chi connectivity index (χ1n) is 7.72. The molecule has 0 spiro atoms. The smallest absolute Gasteiger partial charge is 0.191 e. The maximum atomic E-state index is 13.2. The fourth-order valence-corrected chi connectivity index (χ4v) is 2.18. The quantitative estimate of drug-likeness (QED) is 0.567. The van der Waals surface area contributed by atoms with E-state index in [2.05, 4.69) is 15.6 Å². The molecular weight excluding hydrogens is 293 g/mol. The maximum Gasteiger partial charge on any atom is 0.191 e. The molecule has 0 radical (unpaired) electrons. The second-order valence-corrected chi connectivity index (χ2v) is 5.17. The van der Waals surface area contributed by atoms with Gasteiger partial charge >= 0.3 is 0 Å². The molecule has 0 saturated carbocycles. The first kappa shape index (κ1) is 16.8. The van der Waals surface area contributed by atoms with Crippen molar-refractivity contribution in [1.82, 2.24) is 10.6 Å². The van der Waals surface area contributed by atoms with E-state index in [9.17, 15) is 9.50 Å². The Balaban J connectivity index is 1.89. The maximum absolute atomic E-state index is 13.2. The number of halogens is 1. The third-order valence-electron chi connectivity index (χ3n) is 3.27. The normalized spacial score (nSPS) is 11.3. The molecule has 2 aromatic rings. The van der Waals surface area contributed by atoms with Gasteiger partial charge < -0.3 is 15.7 Å². The van der Waals surface area contributed by atoms with Crippen LogP contribution in [0.3, 0.4) is 0 Å². The summed E-state index contributed by atoms with van der Waals surface area (Å²) in [4.78, 5) is 4.45. The van der Waals surface area contributed by atoms with Crippen molar-refractivity contribution in [3.05, 3.63) is 65.5 Å². The standard InChI is InChI=1S/C18H22FN3O/c1-2-20-18(22-13-15-6-3-7-16(19)11-15)21-10-9-14-5-4-8-17(23)12-14/h3-8,11-12,23H,2,9-10,13H2,1H3,(H2,20,21,22). The van der Waals surface area contributed by atoms with E-state index in [1.54, 1.807) is 18.2 Å². The molecule has 5 heteroatoms. The average molecular weight is 315 g/mol. The molecule has 23 heavy (non-hydrogen) atoms. The number of hydrogen-bond acceptors (Lipinski definition) is 2. The van der Waals surface area contributed by atoms with E-state index in [1.165, 1.54) is 12.1 Å². The fraction of sp³-hybridized carbons (Fsp3) is 0.278. The van der Waals surface area contributed by atoms with Crippen LogP contribution < -0.4 is 10.6 Å². The molecule has 0 aliphatic rings. The summed E-state index contributed by atoms with van der Waals surface area (Å²) in [6.45, 7) is 3.85. The van der Waals surface area contributed by atoms with E-state index in [1.807, 2.05) is 25.1 Å². The predicted octanol–water partition coefficient (Wildman–Crippen LogP) is 2.83. The van der Waals surface area contributed by atoms with Gasteiger partial charge in [-0.25, -0.2) is 9.38 Å². The Morgan fingerprint density at radius 2 is 1.87 bits per heavy atom. The van der Waals surface area contributed by atoms with Gasteiger partial charge in [-0.05, 0) is 48.7 Å². The van der Waals surface area contributed by atoms with Crippen molar-refractivity contribution < 1.29 is 9.50 Å². The Labute approximate surface area is 136 Å². The second kappa shape index (κ2) is 8.78. The number of guanidine groups is 1. The molecule has 0 unspecified atom stereocenters. The van der Waals surface area contributed by atoms with Crippen LogP contribution in [0.1, 0.15) is 18.1 Å². The van der Waals surface area contributed by atoms with E-state index >= 15 is 0 Å². The minimum absolute atomic E-state index is 0.250. The molecule has 122 valence electrons. The number of benzene rings is 2. The zero-order valence-corrected chi connectivity index (χ0v) is 13.2.